The minimum atomic E-state index is 1.33. The first-order valence-corrected chi connectivity index (χ1v) is 9.08. The van der Waals surface area contributed by atoms with Crippen LogP contribution in [0.15, 0.2) is 48.5 Å². The van der Waals surface area contributed by atoms with Crippen molar-refractivity contribution >= 4 is 63.0 Å². The lowest BCUT2D eigenvalue weighted by atomic mass is 10.1. The Morgan fingerprint density at radius 3 is 1.45 bits per heavy atom. The van der Waals surface area contributed by atoms with E-state index in [9.17, 15) is 0 Å². The van der Waals surface area contributed by atoms with Crippen LogP contribution in [0.3, 0.4) is 0 Å². The van der Waals surface area contributed by atoms with Gasteiger partial charge in [-0.3, -0.25) is 0 Å². The van der Waals surface area contributed by atoms with Gasteiger partial charge in [-0.1, -0.05) is 24.3 Å². The van der Waals surface area contributed by atoms with E-state index in [1.54, 1.807) is 0 Å². The molecule has 2 aromatic heterocycles. The fraction of sp³-hybridized carbons (Fsp3) is 0.100. The molecule has 0 N–H and O–H groups in total. The molecule has 106 valence electrons. The van der Waals surface area contributed by atoms with Gasteiger partial charge >= 0.3 is 0 Å². The monoisotopic (exact) mass is 318 g/mol. The van der Waals surface area contributed by atoms with Crippen LogP contribution >= 0.6 is 22.7 Å². The van der Waals surface area contributed by atoms with E-state index in [1.807, 2.05) is 22.7 Å². The van der Waals surface area contributed by atoms with Crippen molar-refractivity contribution in [2.24, 2.45) is 0 Å². The quantitative estimate of drug-likeness (QED) is 0.287. The van der Waals surface area contributed by atoms with E-state index in [1.165, 1.54) is 51.5 Å². The molecular formula is C20H14S2. The summed E-state index contributed by atoms with van der Waals surface area (Å²) in [6.07, 6.45) is 0. The minimum Gasteiger partial charge on any atom is -0.135 e. The van der Waals surface area contributed by atoms with Gasteiger partial charge in [-0.25, -0.2) is 0 Å². The molecule has 0 spiro atoms. The van der Waals surface area contributed by atoms with E-state index in [4.69, 9.17) is 0 Å². The maximum absolute atomic E-state index is 2.40. The molecule has 5 rings (SSSR count). The Morgan fingerprint density at radius 1 is 0.500 bits per heavy atom. The van der Waals surface area contributed by atoms with Gasteiger partial charge in [0, 0.05) is 40.3 Å². The van der Waals surface area contributed by atoms with Crippen molar-refractivity contribution in [3.05, 3.63) is 59.7 Å². The molecule has 3 aromatic carbocycles. The highest BCUT2D eigenvalue weighted by Crippen LogP contribution is 2.41. The summed E-state index contributed by atoms with van der Waals surface area (Å²) in [5.74, 6) is 0. The molecule has 0 radical (unpaired) electrons. The number of rotatable bonds is 0. The summed E-state index contributed by atoms with van der Waals surface area (Å²) < 4.78 is 5.59. The van der Waals surface area contributed by atoms with Crippen LogP contribution in [0.4, 0.5) is 0 Å². The SMILES string of the molecule is Cc1ccc2c(c1)sc1cc3sc4cc(C)ccc4c3cc12. The lowest BCUT2D eigenvalue weighted by Crippen LogP contribution is -1.71. The molecule has 2 heterocycles. The molecule has 0 bridgehead atoms. The number of fused-ring (bicyclic) bond motifs is 6. The fourth-order valence-corrected chi connectivity index (χ4v) is 5.79. The second kappa shape index (κ2) is 4.31. The van der Waals surface area contributed by atoms with Gasteiger partial charge in [-0.15, -0.1) is 22.7 Å². The van der Waals surface area contributed by atoms with Crippen LogP contribution in [-0.4, -0.2) is 0 Å². The Bertz CT molecular complexity index is 1100. The average Bonchev–Trinajstić information content (AvgIpc) is 3.00. The molecule has 0 saturated carbocycles. The highest BCUT2D eigenvalue weighted by Gasteiger charge is 2.10. The van der Waals surface area contributed by atoms with Crippen molar-refractivity contribution < 1.29 is 0 Å². The number of hydrogen-bond donors (Lipinski definition) is 0. The Hall–Kier alpha value is -1.90. The summed E-state index contributed by atoms with van der Waals surface area (Å²) >= 11 is 3.82. The van der Waals surface area contributed by atoms with Crippen LogP contribution in [0.1, 0.15) is 11.1 Å². The van der Waals surface area contributed by atoms with Crippen LogP contribution < -0.4 is 0 Å². The van der Waals surface area contributed by atoms with Crippen molar-refractivity contribution in [3.8, 4) is 0 Å². The first kappa shape index (κ1) is 12.6. The van der Waals surface area contributed by atoms with Crippen molar-refractivity contribution in [1.82, 2.24) is 0 Å². The van der Waals surface area contributed by atoms with Crippen molar-refractivity contribution in [2.75, 3.05) is 0 Å². The largest absolute Gasteiger partial charge is 0.135 e. The number of hydrogen-bond acceptors (Lipinski definition) is 2. The van der Waals surface area contributed by atoms with Gasteiger partial charge in [0.2, 0.25) is 0 Å². The Balaban J connectivity index is 1.97. The molecule has 0 fully saturated rings. The molecule has 2 heteroatoms. The molecule has 22 heavy (non-hydrogen) atoms. The van der Waals surface area contributed by atoms with E-state index >= 15 is 0 Å². The van der Waals surface area contributed by atoms with Gasteiger partial charge in [0.1, 0.15) is 0 Å². The second-order valence-corrected chi connectivity index (χ2v) is 8.22. The molecule has 0 aliphatic rings. The first-order valence-electron chi connectivity index (χ1n) is 7.45. The van der Waals surface area contributed by atoms with Crippen LogP contribution in [-0.2, 0) is 0 Å². The predicted molar refractivity (Wildman–Crippen MR) is 102 cm³/mol. The van der Waals surface area contributed by atoms with E-state index in [0.717, 1.165) is 0 Å². The van der Waals surface area contributed by atoms with Crippen LogP contribution in [0, 0.1) is 13.8 Å². The van der Waals surface area contributed by atoms with E-state index in [0.29, 0.717) is 0 Å². The minimum absolute atomic E-state index is 1.33. The third-order valence-corrected chi connectivity index (χ3v) is 6.61. The molecule has 0 nitrogen and oxygen atoms in total. The van der Waals surface area contributed by atoms with Gasteiger partial charge in [-0.2, -0.15) is 0 Å². The molecule has 0 aliphatic carbocycles. The highest BCUT2D eigenvalue weighted by atomic mass is 32.1. The first-order chi connectivity index (χ1) is 10.7. The van der Waals surface area contributed by atoms with Gasteiger partial charge < -0.3 is 0 Å². The second-order valence-electron chi connectivity index (χ2n) is 6.05. The maximum Gasteiger partial charge on any atom is 0.0369 e. The molecule has 5 aromatic rings. The fourth-order valence-electron chi connectivity index (χ4n) is 3.26. The molecule has 0 aliphatic heterocycles. The van der Waals surface area contributed by atoms with Crippen LogP contribution in [0.25, 0.3) is 40.3 Å². The van der Waals surface area contributed by atoms with Gasteiger partial charge in [0.15, 0.2) is 0 Å². The molecular weight excluding hydrogens is 304 g/mol. The van der Waals surface area contributed by atoms with Crippen molar-refractivity contribution in [3.63, 3.8) is 0 Å². The number of benzene rings is 3. The zero-order chi connectivity index (χ0) is 14.8. The number of aryl methyl sites for hydroxylation is 2. The van der Waals surface area contributed by atoms with Crippen molar-refractivity contribution in [2.45, 2.75) is 13.8 Å². The topological polar surface area (TPSA) is 0 Å². The van der Waals surface area contributed by atoms with E-state index in [-0.39, 0.29) is 0 Å². The van der Waals surface area contributed by atoms with Gasteiger partial charge in [0.05, 0.1) is 0 Å². The molecule has 0 amide bonds. The summed E-state index contributed by atoms with van der Waals surface area (Å²) in [5, 5.41) is 5.57. The zero-order valence-electron chi connectivity index (χ0n) is 12.4. The van der Waals surface area contributed by atoms with Crippen molar-refractivity contribution in [1.29, 1.82) is 0 Å². The molecule has 0 unspecified atom stereocenters. The zero-order valence-corrected chi connectivity index (χ0v) is 14.1. The van der Waals surface area contributed by atoms with Gasteiger partial charge in [0.25, 0.3) is 0 Å². The lowest BCUT2D eigenvalue weighted by molar-refractivity contribution is 1.52. The Morgan fingerprint density at radius 2 is 0.955 bits per heavy atom. The Labute approximate surface area is 136 Å². The average molecular weight is 318 g/mol. The number of thiophene rings is 2. The van der Waals surface area contributed by atoms with E-state index < -0.39 is 0 Å². The summed E-state index contributed by atoms with van der Waals surface area (Å²) in [6.45, 7) is 4.33. The molecule has 0 atom stereocenters. The highest BCUT2D eigenvalue weighted by molar-refractivity contribution is 7.28. The summed E-state index contributed by atoms with van der Waals surface area (Å²) in [5.41, 5.74) is 2.67. The van der Waals surface area contributed by atoms with E-state index in [2.05, 4.69) is 62.4 Å². The summed E-state index contributed by atoms with van der Waals surface area (Å²) in [6, 6.07) is 18.4. The normalized spacial score (nSPS) is 12.1. The summed E-state index contributed by atoms with van der Waals surface area (Å²) in [7, 11) is 0. The molecule has 0 saturated heterocycles. The standard InChI is InChI=1S/C20H14S2/c1-11-3-5-13-15-9-16-14-6-4-12(2)8-18(14)22-20(16)10-19(15)21-17(13)7-11/h3-10H,1-2H3. The lowest BCUT2D eigenvalue weighted by Gasteiger charge is -1.96. The van der Waals surface area contributed by atoms with Crippen LogP contribution in [0.5, 0.6) is 0 Å². The third-order valence-electron chi connectivity index (χ3n) is 4.38. The predicted octanol–water partition coefficient (Wildman–Crippen LogP) is 7.04. The third kappa shape index (κ3) is 1.68. The maximum atomic E-state index is 2.40. The smallest absolute Gasteiger partial charge is 0.0369 e. The Kier molecular flexibility index (Phi) is 2.47. The van der Waals surface area contributed by atoms with Crippen LogP contribution in [0.2, 0.25) is 0 Å². The van der Waals surface area contributed by atoms with Gasteiger partial charge in [-0.05, 0) is 49.2 Å². The summed E-state index contributed by atoms with van der Waals surface area (Å²) in [4.78, 5) is 0.